The minimum absolute atomic E-state index is 0.0175. The summed E-state index contributed by atoms with van der Waals surface area (Å²) in [4.78, 5) is 25.7. The highest BCUT2D eigenvalue weighted by Crippen LogP contribution is 2.47. The normalized spacial score (nSPS) is 25.6. The average molecular weight is 302 g/mol. The molecule has 1 saturated carbocycles. The molecule has 0 N–H and O–H groups in total. The first-order valence-corrected chi connectivity index (χ1v) is 7.48. The van der Waals surface area contributed by atoms with Gasteiger partial charge in [0.25, 0.3) is 0 Å². The largest absolute Gasteiger partial charge is 0.274 e. The third kappa shape index (κ3) is 2.56. The second-order valence-electron chi connectivity index (χ2n) is 5.44. The van der Waals surface area contributed by atoms with E-state index in [0.717, 1.165) is 25.7 Å². The molecule has 3 nitrogen and oxygen atoms in total. The second kappa shape index (κ2) is 5.09. The molecule has 2 aliphatic rings. The molecule has 1 heterocycles. The summed E-state index contributed by atoms with van der Waals surface area (Å²) in [5, 5.41) is 0. The van der Waals surface area contributed by atoms with Crippen molar-refractivity contribution in [1.29, 1.82) is 0 Å². The average Bonchev–Trinajstić information content (AvgIpc) is 2.65. The number of rotatable bonds is 3. The van der Waals surface area contributed by atoms with Gasteiger partial charge in [-0.1, -0.05) is 42.1 Å². The zero-order chi connectivity index (χ0) is 12.5. The van der Waals surface area contributed by atoms with Crippen molar-refractivity contribution in [2.75, 3.05) is 0 Å². The number of halogens is 1. The van der Waals surface area contributed by atoms with Gasteiger partial charge < -0.3 is 0 Å². The quantitative estimate of drug-likeness (QED) is 0.456. The number of alkyl halides is 1. The zero-order valence-corrected chi connectivity index (χ0v) is 12.0. The predicted molar refractivity (Wildman–Crippen MR) is 69.6 cm³/mol. The van der Waals surface area contributed by atoms with Crippen LogP contribution in [0.15, 0.2) is 0 Å². The van der Waals surface area contributed by atoms with Gasteiger partial charge in [-0.15, -0.1) is 0 Å². The number of amides is 2. The van der Waals surface area contributed by atoms with Gasteiger partial charge in [-0.05, 0) is 24.7 Å². The fraction of sp³-hybridized carbons (Fsp3) is 0.846. The number of carbonyl (C=O) groups is 2. The molecule has 2 rings (SSSR count). The minimum atomic E-state index is -0.105. The number of carbonyl (C=O) groups excluding carboxylic acids is 2. The van der Waals surface area contributed by atoms with Crippen molar-refractivity contribution in [2.45, 2.75) is 63.2 Å². The standard InChI is InChI=1S/C13H20BrNO2/c1-2-5-10(14)15-11(16)8-13(9-12(15)17)6-3-4-7-13/h10H,2-9H2,1H3. The van der Waals surface area contributed by atoms with Crippen LogP contribution in [-0.2, 0) is 9.59 Å². The van der Waals surface area contributed by atoms with Crippen molar-refractivity contribution in [3.8, 4) is 0 Å². The lowest BCUT2D eigenvalue weighted by Crippen LogP contribution is -2.50. The second-order valence-corrected chi connectivity index (χ2v) is 6.50. The first-order valence-electron chi connectivity index (χ1n) is 6.57. The summed E-state index contributed by atoms with van der Waals surface area (Å²) in [7, 11) is 0. The lowest BCUT2D eigenvalue weighted by molar-refractivity contribution is -0.154. The lowest BCUT2D eigenvalue weighted by atomic mass is 9.76. The maximum atomic E-state index is 12.2. The summed E-state index contributed by atoms with van der Waals surface area (Å²) in [5.74, 6) is 0.0527. The number of hydrogen-bond acceptors (Lipinski definition) is 2. The van der Waals surface area contributed by atoms with E-state index < -0.39 is 0 Å². The van der Waals surface area contributed by atoms with Crippen molar-refractivity contribution < 1.29 is 9.59 Å². The molecule has 0 aromatic carbocycles. The Balaban J connectivity index is 2.08. The van der Waals surface area contributed by atoms with E-state index in [1.807, 2.05) is 0 Å². The fourth-order valence-electron chi connectivity index (χ4n) is 3.17. The molecule has 0 aromatic rings. The Kier molecular flexibility index (Phi) is 3.91. The molecule has 1 aliphatic heterocycles. The highest BCUT2D eigenvalue weighted by molar-refractivity contribution is 9.09. The van der Waals surface area contributed by atoms with Crippen molar-refractivity contribution in [3.05, 3.63) is 0 Å². The third-order valence-electron chi connectivity index (χ3n) is 4.06. The van der Waals surface area contributed by atoms with Crippen LogP contribution >= 0.6 is 15.9 Å². The molecular weight excluding hydrogens is 282 g/mol. The molecule has 0 aromatic heterocycles. The summed E-state index contributed by atoms with van der Waals surface area (Å²) < 4.78 is 0. The van der Waals surface area contributed by atoms with Crippen molar-refractivity contribution >= 4 is 27.7 Å². The van der Waals surface area contributed by atoms with Crippen LogP contribution in [0, 0.1) is 5.41 Å². The summed E-state index contributed by atoms with van der Waals surface area (Å²) in [6.07, 6.45) is 7.41. The highest BCUT2D eigenvalue weighted by Gasteiger charge is 2.46. The molecule has 0 bridgehead atoms. The van der Waals surface area contributed by atoms with Crippen molar-refractivity contribution in [3.63, 3.8) is 0 Å². The maximum Gasteiger partial charge on any atom is 0.230 e. The van der Waals surface area contributed by atoms with Crippen LogP contribution in [0.4, 0.5) is 0 Å². The molecule has 1 spiro atoms. The van der Waals surface area contributed by atoms with E-state index in [0.29, 0.717) is 12.8 Å². The first-order chi connectivity index (χ1) is 8.08. The number of piperidine rings is 1. The summed E-state index contributed by atoms with van der Waals surface area (Å²) in [5.41, 5.74) is 0.0175. The fourth-order valence-corrected chi connectivity index (χ4v) is 4.09. The van der Waals surface area contributed by atoms with E-state index in [1.165, 1.54) is 17.7 Å². The molecule has 1 unspecified atom stereocenters. The van der Waals surface area contributed by atoms with Crippen LogP contribution in [0.5, 0.6) is 0 Å². The Morgan fingerprint density at radius 1 is 1.24 bits per heavy atom. The Bertz CT molecular complexity index is 303. The molecule has 2 fully saturated rings. The van der Waals surface area contributed by atoms with E-state index in [4.69, 9.17) is 0 Å². The van der Waals surface area contributed by atoms with Crippen LogP contribution < -0.4 is 0 Å². The highest BCUT2D eigenvalue weighted by atomic mass is 79.9. The molecule has 2 amide bonds. The molecule has 1 atom stereocenters. The van der Waals surface area contributed by atoms with Crippen LogP contribution in [0.2, 0.25) is 0 Å². The minimum Gasteiger partial charge on any atom is -0.274 e. The van der Waals surface area contributed by atoms with E-state index in [-0.39, 0.29) is 22.2 Å². The van der Waals surface area contributed by atoms with Gasteiger partial charge in [-0.25, -0.2) is 0 Å². The molecular formula is C13H20BrNO2. The number of hydrogen-bond donors (Lipinski definition) is 0. The van der Waals surface area contributed by atoms with Gasteiger partial charge in [0, 0.05) is 12.8 Å². The summed E-state index contributed by atoms with van der Waals surface area (Å²) in [6, 6.07) is 0. The van der Waals surface area contributed by atoms with Gasteiger partial charge in [-0.3, -0.25) is 14.5 Å². The van der Waals surface area contributed by atoms with Crippen molar-refractivity contribution in [2.24, 2.45) is 5.41 Å². The lowest BCUT2D eigenvalue weighted by Gasteiger charge is -2.39. The van der Waals surface area contributed by atoms with Gasteiger partial charge in [-0.2, -0.15) is 0 Å². The van der Waals surface area contributed by atoms with Gasteiger partial charge in [0.1, 0.15) is 0 Å². The molecule has 1 aliphatic carbocycles. The number of imide groups is 1. The van der Waals surface area contributed by atoms with Gasteiger partial charge >= 0.3 is 0 Å². The van der Waals surface area contributed by atoms with Crippen LogP contribution in [-0.4, -0.2) is 21.7 Å². The first kappa shape index (κ1) is 13.1. The predicted octanol–water partition coefficient (Wildman–Crippen LogP) is 3.22. The van der Waals surface area contributed by atoms with Gasteiger partial charge in [0.2, 0.25) is 11.8 Å². The summed E-state index contributed by atoms with van der Waals surface area (Å²) in [6.45, 7) is 2.06. The van der Waals surface area contributed by atoms with Gasteiger partial charge in [0.05, 0.1) is 4.95 Å². The van der Waals surface area contributed by atoms with Crippen LogP contribution in [0.3, 0.4) is 0 Å². The molecule has 1 saturated heterocycles. The van der Waals surface area contributed by atoms with E-state index in [9.17, 15) is 9.59 Å². The Hall–Kier alpha value is -0.380. The Morgan fingerprint density at radius 3 is 2.24 bits per heavy atom. The van der Waals surface area contributed by atoms with E-state index in [1.54, 1.807) is 0 Å². The smallest absolute Gasteiger partial charge is 0.230 e. The number of nitrogens with zero attached hydrogens (tertiary/aromatic N) is 1. The third-order valence-corrected chi connectivity index (χ3v) is 4.93. The zero-order valence-electron chi connectivity index (χ0n) is 10.4. The van der Waals surface area contributed by atoms with Crippen LogP contribution in [0.1, 0.15) is 58.3 Å². The number of likely N-dealkylation sites (tertiary alicyclic amines) is 1. The Labute approximate surface area is 111 Å². The van der Waals surface area contributed by atoms with E-state index >= 15 is 0 Å². The molecule has 0 radical (unpaired) electrons. The topological polar surface area (TPSA) is 37.4 Å². The monoisotopic (exact) mass is 301 g/mol. The SMILES string of the molecule is CCCC(Br)N1C(=O)CC2(CCCC2)CC1=O. The molecule has 96 valence electrons. The van der Waals surface area contributed by atoms with Crippen molar-refractivity contribution in [1.82, 2.24) is 4.90 Å². The van der Waals surface area contributed by atoms with E-state index in [2.05, 4.69) is 22.9 Å². The van der Waals surface area contributed by atoms with Gasteiger partial charge in [0.15, 0.2) is 0 Å². The molecule has 17 heavy (non-hydrogen) atoms. The maximum absolute atomic E-state index is 12.2. The summed E-state index contributed by atoms with van der Waals surface area (Å²) >= 11 is 3.46. The Morgan fingerprint density at radius 2 is 1.76 bits per heavy atom. The van der Waals surface area contributed by atoms with Crippen LogP contribution in [0.25, 0.3) is 0 Å². The molecule has 4 heteroatoms.